The molecule has 0 aliphatic carbocycles. The smallest absolute Gasteiger partial charge is 0.251 e. The number of carbonyl (C=O) groups is 2. The number of benzene rings is 2. The Morgan fingerprint density at radius 1 is 1.23 bits per heavy atom. The average Bonchev–Trinajstić information content (AvgIpc) is 3.16. The SMILES string of the molecule is COc1ccc(C2CCCN2C(=O)CNC(=O)c2cccc(Cl)c2)cc1. The van der Waals surface area contributed by atoms with Crippen LogP contribution in [-0.4, -0.2) is 36.9 Å². The van der Waals surface area contributed by atoms with Gasteiger partial charge in [-0.3, -0.25) is 9.59 Å². The summed E-state index contributed by atoms with van der Waals surface area (Å²) >= 11 is 5.90. The zero-order valence-corrected chi connectivity index (χ0v) is 15.3. The van der Waals surface area contributed by atoms with E-state index in [1.807, 2.05) is 29.2 Å². The first-order valence-electron chi connectivity index (χ1n) is 8.55. The lowest BCUT2D eigenvalue weighted by molar-refractivity contribution is -0.131. The van der Waals surface area contributed by atoms with E-state index in [1.165, 1.54) is 0 Å². The van der Waals surface area contributed by atoms with Crippen molar-refractivity contribution in [2.24, 2.45) is 0 Å². The minimum Gasteiger partial charge on any atom is -0.497 e. The van der Waals surface area contributed by atoms with Gasteiger partial charge in [0.05, 0.1) is 19.7 Å². The summed E-state index contributed by atoms with van der Waals surface area (Å²) in [6.07, 6.45) is 1.87. The molecule has 1 N–H and O–H groups in total. The van der Waals surface area contributed by atoms with Crippen LogP contribution in [0.3, 0.4) is 0 Å². The van der Waals surface area contributed by atoms with Crippen molar-refractivity contribution in [2.75, 3.05) is 20.2 Å². The normalized spacial score (nSPS) is 16.4. The largest absolute Gasteiger partial charge is 0.497 e. The van der Waals surface area contributed by atoms with Crippen LogP contribution in [0.15, 0.2) is 48.5 Å². The van der Waals surface area contributed by atoms with Crippen molar-refractivity contribution < 1.29 is 14.3 Å². The maximum absolute atomic E-state index is 12.6. The Bertz CT molecular complexity index is 792. The Kier molecular flexibility index (Phi) is 5.78. The topological polar surface area (TPSA) is 58.6 Å². The van der Waals surface area contributed by atoms with Crippen molar-refractivity contribution in [3.63, 3.8) is 0 Å². The number of rotatable bonds is 5. The zero-order chi connectivity index (χ0) is 18.5. The number of methoxy groups -OCH3 is 1. The minimum atomic E-state index is -0.305. The molecule has 0 saturated carbocycles. The number of hydrogen-bond donors (Lipinski definition) is 1. The van der Waals surface area contributed by atoms with Gasteiger partial charge in [-0.25, -0.2) is 0 Å². The van der Waals surface area contributed by atoms with Crippen molar-refractivity contribution in [2.45, 2.75) is 18.9 Å². The Hall–Kier alpha value is -2.53. The molecule has 1 atom stereocenters. The standard InChI is InChI=1S/C20H21ClN2O3/c1-26-17-9-7-14(8-10-17)18-6-3-11-23(18)19(24)13-22-20(25)15-4-2-5-16(21)12-15/h2,4-5,7-10,12,18H,3,6,11,13H2,1H3,(H,22,25). The van der Waals surface area contributed by atoms with Crippen LogP contribution >= 0.6 is 11.6 Å². The second kappa shape index (κ2) is 8.23. The van der Waals surface area contributed by atoms with E-state index < -0.39 is 0 Å². The molecular formula is C20H21ClN2O3. The van der Waals surface area contributed by atoms with E-state index in [2.05, 4.69) is 5.32 Å². The van der Waals surface area contributed by atoms with Crippen molar-refractivity contribution in [3.8, 4) is 5.75 Å². The van der Waals surface area contributed by atoms with Crippen LogP contribution in [0.2, 0.25) is 5.02 Å². The van der Waals surface area contributed by atoms with Crippen LogP contribution in [0.4, 0.5) is 0 Å². The van der Waals surface area contributed by atoms with Crippen LogP contribution in [0.25, 0.3) is 0 Å². The summed E-state index contributed by atoms with van der Waals surface area (Å²) in [4.78, 5) is 26.6. The first-order chi connectivity index (χ1) is 12.6. The maximum atomic E-state index is 12.6. The third kappa shape index (κ3) is 4.17. The second-order valence-corrected chi connectivity index (χ2v) is 6.65. The lowest BCUT2D eigenvalue weighted by Crippen LogP contribution is -2.39. The third-order valence-electron chi connectivity index (χ3n) is 4.56. The number of carbonyl (C=O) groups excluding carboxylic acids is 2. The summed E-state index contributed by atoms with van der Waals surface area (Å²) < 4.78 is 5.18. The molecule has 1 aliphatic rings. The molecule has 1 fully saturated rings. The number of nitrogens with one attached hydrogen (secondary N) is 1. The molecule has 0 bridgehead atoms. The van der Waals surface area contributed by atoms with Gasteiger partial charge in [-0.1, -0.05) is 29.8 Å². The Morgan fingerprint density at radius 2 is 2.00 bits per heavy atom. The highest BCUT2D eigenvalue weighted by atomic mass is 35.5. The Morgan fingerprint density at radius 3 is 2.69 bits per heavy atom. The molecule has 2 aromatic rings. The summed E-state index contributed by atoms with van der Waals surface area (Å²) in [5, 5.41) is 3.17. The van der Waals surface area contributed by atoms with E-state index in [9.17, 15) is 9.59 Å². The predicted octanol–water partition coefficient (Wildman–Crippen LogP) is 3.44. The number of nitrogens with zero attached hydrogens (tertiary/aromatic N) is 1. The number of likely N-dealkylation sites (tertiary alicyclic amines) is 1. The van der Waals surface area contributed by atoms with Crippen molar-refractivity contribution in [1.29, 1.82) is 0 Å². The third-order valence-corrected chi connectivity index (χ3v) is 4.80. The highest BCUT2D eigenvalue weighted by molar-refractivity contribution is 6.30. The molecule has 136 valence electrons. The Labute approximate surface area is 157 Å². The van der Waals surface area contributed by atoms with E-state index in [4.69, 9.17) is 16.3 Å². The number of amides is 2. The van der Waals surface area contributed by atoms with E-state index >= 15 is 0 Å². The first-order valence-corrected chi connectivity index (χ1v) is 8.93. The molecule has 0 aromatic heterocycles. The number of halogens is 1. The van der Waals surface area contributed by atoms with Gasteiger partial charge in [0.15, 0.2) is 0 Å². The second-order valence-electron chi connectivity index (χ2n) is 6.21. The number of ether oxygens (including phenoxy) is 1. The van der Waals surface area contributed by atoms with Gasteiger partial charge in [0.25, 0.3) is 5.91 Å². The van der Waals surface area contributed by atoms with Crippen LogP contribution < -0.4 is 10.1 Å². The van der Waals surface area contributed by atoms with Gasteiger partial charge in [0, 0.05) is 17.1 Å². The fourth-order valence-electron chi connectivity index (χ4n) is 3.23. The quantitative estimate of drug-likeness (QED) is 0.874. The fraction of sp³-hybridized carbons (Fsp3) is 0.300. The van der Waals surface area contributed by atoms with Gasteiger partial charge in [-0.05, 0) is 48.7 Å². The maximum Gasteiger partial charge on any atom is 0.251 e. The molecule has 5 nitrogen and oxygen atoms in total. The lowest BCUT2D eigenvalue weighted by atomic mass is 10.0. The van der Waals surface area contributed by atoms with Crippen LogP contribution in [0.1, 0.15) is 34.8 Å². The first kappa shape index (κ1) is 18.3. The summed E-state index contributed by atoms with van der Waals surface area (Å²) in [6, 6.07) is 14.5. The van der Waals surface area contributed by atoms with E-state index in [-0.39, 0.29) is 24.4 Å². The average molecular weight is 373 g/mol. The van der Waals surface area contributed by atoms with E-state index in [0.717, 1.165) is 24.2 Å². The summed E-state index contributed by atoms with van der Waals surface area (Å²) in [5.41, 5.74) is 1.52. The zero-order valence-electron chi connectivity index (χ0n) is 14.6. The highest BCUT2D eigenvalue weighted by Crippen LogP contribution is 2.32. The van der Waals surface area contributed by atoms with Gasteiger partial charge >= 0.3 is 0 Å². The Balaban J connectivity index is 1.62. The molecule has 0 radical (unpaired) electrons. The summed E-state index contributed by atoms with van der Waals surface area (Å²) in [5.74, 6) is 0.401. The van der Waals surface area contributed by atoms with E-state index in [1.54, 1.807) is 31.4 Å². The van der Waals surface area contributed by atoms with Gasteiger partial charge < -0.3 is 15.0 Å². The van der Waals surface area contributed by atoms with Crippen molar-refractivity contribution >= 4 is 23.4 Å². The minimum absolute atomic E-state index is 0.0298. The lowest BCUT2D eigenvalue weighted by Gasteiger charge is -2.25. The van der Waals surface area contributed by atoms with Crippen LogP contribution in [-0.2, 0) is 4.79 Å². The van der Waals surface area contributed by atoms with Crippen LogP contribution in [0, 0.1) is 0 Å². The molecule has 1 heterocycles. The molecule has 2 amide bonds. The van der Waals surface area contributed by atoms with Gasteiger partial charge in [-0.2, -0.15) is 0 Å². The molecule has 1 aliphatic heterocycles. The van der Waals surface area contributed by atoms with Gasteiger partial charge in [-0.15, -0.1) is 0 Å². The van der Waals surface area contributed by atoms with Gasteiger partial charge in [0.1, 0.15) is 5.75 Å². The molecular weight excluding hydrogens is 352 g/mol. The molecule has 6 heteroatoms. The summed E-state index contributed by atoms with van der Waals surface area (Å²) in [6.45, 7) is 0.667. The molecule has 0 spiro atoms. The molecule has 3 rings (SSSR count). The van der Waals surface area contributed by atoms with Crippen molar-refractivity contribution in [1.82, 2.24) is 10.2 Å². The summed E-state index contributed by atoms with van der Waals surface area (Å²) in [7, 11) is 1.63. The van der Waals surface area contributed by atoms with Crippen LogP contribution in [0.5, 0.6) is 5.75 Å². The number of hydrogen-bond acceptors (Lipinski definition) is 3. The molecule has 1 saturated heterocycles. The molecule has 1 unspecified atom stereocenters. The van der Waals surface area contributed by atoms with Gasteiger partial charge in [0.2, 0.25) is 5.91 Å². The predicted molar refractivity (Wildman–Crippen MR) is 100 cm³/mol. The molecule has 26 heavy (non-hydrogen) atoms. The fourth-order valence-corrected chi connectivity index (χ4v) is 3.42. The monoisotopic (exact) mass is 372 g/mol. The van der Waals surface area contributed by atoms with E-state index in [0.29, 0.717) is 17.1 Å². The van der Waals surface area contributed by atoms with Crippen molar-refractivity contribution in [3.05, 3.63) is 64.7 Å². The highest BCUT2D eigenvalue weighted by Gasteiger charge is 2.29. The molecule has 2 aromatic carbocycles.